The van der Waals surface area contributed by atoms with E-state index in [1.54, 1.807) is 0 Å². The van der Waals surface area contributed by atoms with Crippen LogP contribution in [-0.4, -0.2) is 54.7 Å². The van der Waals surface area contributed by atoms with Crippen molar-refractivity contribution in [3.63, 3.8) is 0 Å². The number of morpholine rings is 1. The molecule has 2 heterocycles. The van der Waals surface area contributed by atoms with Gasteiger partial charge in [-0.15, -0.1) is 0 Å². The van der Waals surface area contributed by atoms with Gasteiger partial charge in [0.15, 0.2) is 0 Å². The van der Waals surface area contributed by atoms with Crippen LogP contribution in [0.3, 0.4) is 0 Å². The highest BCUT2D eigenvalue weighted by molar-refractivity contribution is 5.83. The predicted molar refractivity (Wildman–Crippen MR) is 101 cm³/mol. The molecule has 0 unspecified atom stereocenters. The van der Waals surface area contributed by atoms with Gasteiger partial charge < -0.3 is 15.0 Å². The van der Waals surface area contributed by atoms with Crippen LogP contribution in [0.5, 0.6) is 0 Å². The summed E-state index contributed by atoms with van der Waals surface area (Å²) >= 11 is 0. The lowest BCUT2D eigenvalue weighted by Crippen LogP contribution is -2.40. The van der Waals surface area contributed by atoms with Crippen molar-refractivity contribution < 1.29 is 9.53 Å². The summed E-state index contributed by atoms with van der Waals surface area (Å²) in [5, 5.41) is 4.40. The lowest BCUT2D eigenvalue weighted by Gasteiger charge is -2.27. The molecule has 0 saturated carbocycles. The van der Waals surface area contributed by atoms with Crippen LogP contribution in [0.4, 0.5) is 0 Å². The standard InChI is InChI=1S/C20H29N3O2/c1-16(9-10-23-11-13-25-14-12-23)22-20(24)8-4-5-17-15-21-19-7-3-2-6-18(17)19/h2-3,6-7,15-16,21H,4-5,8-14H2,1H3,(H,22,24)/t16-/m1/s1. The summed E-state index contributed by atoms with van der Waals surface area (Å²) in [6.45, 7) is 6.79. The maximum atomic E-state index is 12.1. The molecule has 1 aliphatic heterocycles. The highest BCUT2D eigenvalue weighted by Gasteiger charge is 2.13. The first kappa shape index (κ1) is 18.0. The summed E-state index contributed by atoms with van der Waals surface area (Å²) in [6, 6.07) is 8.54. The van der Waals surface area contributed by atoms with Crippen molar-refractivity contribution in [1.82, 2.24) is 15.2 Å². The van der Waals surface area contributed by atoms with Gasteiger partial charge in [0.2, 0.25) is 5.91 Å². The van der Waals surface area contributed by atoms with Crippen molar-refractivity contribution in [2.24, 2.45) is 0 Å². The number of para-hydroxylation sites is 1. The summed E-state index contributed by atoms with van der Waals surface area (Å²) in [7, 11) is 0. The van der Waals surface area contributed by atoms with Gasteiger partial charge in [0, 0.05) is 49.2 Å². The molecule has 1 fully saturated rings. The van der Waals surface area contributed by atoms with Crippen LogP contribution in [0.2, 0.25) is 0 Å². The highest BCUT2D eigenvalue weighted by Crippen LogP contribution is 2.19. The Kier molecular flexibility index (Phi) is 6.48. The highest BCUT2D eigenvalue weighted by atomic mass is 16.5. The third-order valence-corrected chi connectivity index (χ3v) is 4.91. The molecule has 1 amide bonds. The normalized spacial score (nSPS) is 16.8. The zero-order chi connectivity index (χ0) is 17.5. The number of aromatic nitrogens is 1. The second-order valence-corrected chi connectivity index (χ2v) is 6.92. The molecule has 0 bridgehead atoms. The third kappa shape index (κ3) is 5.31. The molecule has 3 rings (SSSR count). The molecule has 2 N–H and O–H groups in total. The topological polar surface area (TPSA) is 57.4 Å². The Morgan fingerprint density at radius 3 is 2.96 bits per heavy atom. The Hall–Kier alpha value is -1.85. The van der Waals surface area contributed by atoms with E-state index in [1.807, 2.05) is 6.07 Å². The number of aromatic amines is 1. The number of nitrogens with zero attached hydrogens (tertiary/aromatic N) is 1. The molecule has 2 aromatic rings. The Bertz CT molecular complexity index is 676. The number of carbonyl (C=O) groups is 1. The van der Waals surface area contributed by atoms with E-state index in [-0.39, 0.29) is 11.9 Å². The fourth-order valence-corrected chi connectivity index (χ4v) is 3.40. The number of aryl methyl sites for hydroxylation is 1. The minimum atomic E-state index is 0.161. The zero-order valence-corrected chi connectivity index (χ0v) is 15.1. The molecule has 25 heavy (non-hydrogen) atoms. The maximum absolute atomic E-state index is 12.1. The molecule has 1 atom stereocenters. The van der Waals surface area contributed by atoms with Gasteiger partial charge in [-0.05, 0) is 37.8 Å². The van der Waals surface area contributed by atoms with E-state index in [0.717, 1.165) is 52.1 Å². The lowest BCUT2D eigenvalue weighted by atomic mass is 10.1. The number of ether oxygens (including phenoxy) is 1. The molecule has 0 spiro atoms. The zero-order valence-electron chi connectivity index (χ0n) is 15.1. The number of hydrogen-bond donors (Lipinski definition) is 2. The van der Waals surface area contributed by atoms with Crippen molar-refractivity contribution in [2.45, 2.75) is 38.6 Å². The molecule has 0 aliphatic carbocycles. The first-order valence-electron chi connectivity index (χ1n) is 9.37. The average molecular weight is 343 g/mol. The number of carbonyl (C=O) groups excluding carboxylic acids is 1. The Morgan fingerprint density at radius 1 is 1.32 bits per heavy atom. The van der Waals surface area contributed by atoms with Crippen LogP contribution < -0.4 is 5.32 Å². The van der Waals surface area contributed by atoms with Crippen LogP contribution in [0.15, 0.2) is 30.5 Å². The molecule has 136 valence electrons. The first-order chi connectivity index (χ1) is 12.2. The van der Waals surface area contributed by atoms with E-state index in [9.17, 15) is 4.79 Å². The van der Waals surface area contributed by atoms with Crippen molar-refractivity contribution in [3.05, 3.63) is 36.0 Å². The molecule has 1 aliphatic rings. The van der Waals surface area contributed by atoms with Crippen LogP contribution >= 0.6 is 0 Å². The van der Waals surface area contributed by atoms with Gasteiger partial charge >= 0.3 is 0 Å². The number of amides is 1. The summed E-state index contributed by atoms with van der Waals surface area (Å²) in [5.41, 5.74) is 2.46. The molecular formula is C20H29N3O2. The van der Waals surface area contributed by atoms with Crippen molar-refractivity contribution >= 4 is 16.8 Å². The largest absolute Gasteiger partial charge is 0.379 e. The van der Waals surface area contributed by atoms with Gasteiger partial charge in [-0.2, -0.15) is 0 Å². The van der Waals surface area contributed by atoms with Gasteiger partial charge in [-0.3, -0.25) is 9.69 Å². The Labute approximate surface area is 149 Å². The van der Waals surface area contributed by atoms with Gasteiger partial charge in [-0.1, -0.05) is 18.2 Å². The smallest absolute Gasteiger partial charge is 0.220 e. The van der Waals surface area contributed by atoms with Crippen molar-refractivity contribution in [1.29, 1.82) is 0 Å². The number of hydrogen-bond acceptors (Lipinski definition) is 3. The van der Waals surface area contributed by atoms with E-state index in [2.05, 4.69) is 46.5 Å². The fourth-order valence-electron chi connectivity index (χ4n) is 3.40. The molecular weight excluding hydrogens is 314 g/mol. The number of nitrogens with one attached hydrogen (secondary N) is 2. The van der Waals surface area contributed by atoms with Crippen LogP contribution in [0.1, 0.15) is 31.7 Å². The number of benzene rings is 1. The first-order valence-corrected chi connectivity index (χ1v) is 9.37. The number of rotatable bonds is 8. The lowest BCUT2D eigenvalue weighted by molar-refractivity contribution is -0.121. The van der Waals surface area contributed by atoms with Gasteiger partial charge in [0.25, 0.3) is 0 Å². The predicted octanol–water partition coefficient (Wildman–Crippen LogP) is 2.72. The average Bonchev–Trinajstić information content (AvgIpc) is 3.04. The quantitative estimate of drug-likeness (QED) is 0.775. The Morgan fingerprint density at radius 2 is 2.12 bits per heavy atom. The fraction of sp³-hybridized carbons (Fsp3) is 0.550. The summed E-state index contributed by atoms with van der Waals surface area (Å²) in [6.07, 6.45) is 5.45. The van der Waals surface area contributed by atoms with Gasteiger partial charge in [0.1, 0.15) is 0 Å². The second-order valence-electron chi connectivity index (χ2n) is 6.92. The molecule has 1 aromatic carbocycles. The molecule has 5 nitrogen and oxygen atoms in total. The summed E-state index contributed by atoms with van der Waals surface area (Å²) in [5.74, 6) is 0.161. The third-order valence-electron chi connectivity index (χ3n) is 4.91. The van der Waals surface area contributed by atoms with Gasteiger partial charge in [0.05, 0.1) is 13.2 Å². The van der Waals surface area contributed by atoms with E-state index >= 15 is 0 Å². The monoisotopic (exact) mass is 343 g/mol. The molecule has 1 saturated heterocycles. The minimum absolute atomic E-state index is 0.161. The summed E-state index contributed by atoms with van der Waals surface area (Å²) in [4.78, 5) is 17.8. The second kappa shape index (κ2) is 9.02. The van der Waals surface area contributed by atoms with Crippen molar-refractivity contribution in [2.75, 3.05) is 32.8 Å². The van der Waals surface area contributed by atoms with E-state index < -0.39 is 0 Å². The SMILES string of the molecule is C[C@H](CCN1CCOCC1)NC(=O)CCCc1c[nH]c2ccccc12. The molecule has 5 heteroatoms. The molecule has 0 radical (unpaired) electrons. The van der Waals surface area contributed by atoms with Crippen LogP contribution in [0.25, 0.3) is 10.9 Å². The van der Waals surface area contributed by atoms with E-state index in [1.165, 1.54) is 16.5 Å². The van der Waals surface area contributed by atoms with E-state index in [4.69, 9.17) is 4.74 Å². The number of fused-ring (bicyclic) bond motifs is 1. The van der Waals surface area contributed by atoms with Crippen molar-refractivity contribution in [3.8, 4) is 0 Å². The Balaban J connectivity index is 1.34. The van der Waals surface area contributed by atoms with Crippen LogP contribution in [0, 0.1) is 0 Å². The molecule has 1 aromatic heterocycles. The van der Waals surface area contributed by atoms with E-state index in [0.29, 0.717) is 6.42 Å². The summed E-state index contributed by atoms with van der Waals surface area (Å²) < 4.78 is 5.36. The minimum Gasteiger partial charge on any atom is -0.379 e. The number of H-pyrrole nitrogens is 1. The van der Waals surface area contributed by atoms with Gasteiger partial charge in [-0.25, -0.2) is 0 Å². The maximum Gasteiger partial charge on any atom is 0.220 e. The van der Waals surface area contributed by atoms with Crippen LogP contribution in [-0.2, 0) is 16.0 Å².